The second-order valence-corrected chi connectivity index (χ2v) is 9.29. The van der Waals surface area contributed by atoms with E-state index in [2.05, 4.69) is 47.1 Å². The predicted molar refractivity (Wildman–Crippen MR) is 147 cm³/mol. The first kappa shape index (κ1) is 26.0. The molecule has 1 aliphatic rings. The fourth-order valence-electron chi connectivity index (χ4n) is 4.84. The number of ether oxygens (including phenoxy) is 4. The van der Waals surface area contributed by atoms with Crippen molar-refractivity contribution in [3.63, 3.8) is 0 Å². The van der Waals surface area contributed by atoms with Crippen molar-refractivity contribution in [1.82, 2.24) is 4.90 Å². The van der Waals surface area contributed by atoms with Crippen molar-refractivity contribution < 1.29 is 18.9 Å². The Labute approximate surface area is 219 Å². The van der Waals surface area contributed by atoms with E-state index in [9.17, 15) is 0 Å². The Morgan fingerprint density at radius 2 is 1.44 bits per heavy atom. The van der Waals surface area contributed by atoms with Gasteiger partial charge in [0.25, 0.3) is 0 Å². The first-order valence-electron chi connectivity index (χ1n) is 12.2. The van der Waals surface area contributed by atoms with Crippen molar-refractivity contribution in [1.29, 1.82) is 0 Å². The summed E-state index contributed by atoms with van der Waals surface area (Å²) < 4.78 is 22.3. The number of halogens is 1. The van der Waals surface area contributed by atoms with Crippen LogP contribution in [-0.2, 0) is 6.42 Å². The number of anilines is 1. The molecule has 36 heavy (non-hydrogen) atoms. The van der Waals surface area contributed by atoms with Crippen LogP contribution in [0.5, 0.6) is 23.0 Å². The van der Waals surface area contributed by atoms with Gasteiger partial charge < -0.3 is 23.8 Å². The van der Waals surface area contributed by atoms with Crippen molar-refractivity contribution >= 4 is 17.3 Å². The SMILES string of the molecule is COc1cc(-c2ccc(CCN3CCN(c4cccc(Cl)c4C)CC3)cc2)c(OC)c(OC)c1OC. The number of methoxy groups -OCH3 is 4. The van der Waals surface area contributed by atoms with Gasteiger partial charge in [0.05, 0.1) is 28.4 Å². The monoisotopic (exact) mass is 510 g/mol. The molecule has 0 aromatic heterocycles. The zero-order valence-electron chi connectivity index (χ0n) is 21.8. The fourth-order valence-corrected chi connectivity index (χ4v) is 5.01. The van der Waals surface area contributed by atoms with E-state index in [0.717, 1.165) is 60.9 Å². The second-order valence-electron chi connectivity index (χ2n) is 8.89. The maximum atomic E-state index is 6.33. The Kier molecular flexibility index (Phi) is 8.49. The molecule has 0 atom stereocenters. The van der Waals surface area contributed by atoms with Crippen LogP contribution in [0, 0.1) is 6.92 Å². The van der Waals surface area contributed by atoms with Gasteiger partial charge in [0, 0.05) is 49.0 Å². The molecule has 4 rings (SSSR count). The summed E-state index contributed by atoms with van der Waals surface area (Å²) >= 11 is 6.33. The molecular formula is C29H35ClN2O4. The van der Waals surface area contributed by atoms with E-state index in [1.165, 1.54) is 11.3 Å². The summed E-state index contributed by atoms with van der Waals surface area (Å²) in [6, 6.07) is 16.7. The maximum absolute atomic E-state index is 6.33. The summed E-state index contributed by atoms with van der Waals surface area (Å²) in [7, 11) is 6.44. The van der Waals surface area contributed by atoms with Crippen LogP contribution in [0.3, 0.4) is 0 Å². The Hall–Kier alpha value is -3.09. The highest BCUT2D eigenvalue weighted by atomic mass is 35.5. The summed E-state index contributed by atoms with van der Waals surface area (Å²) in [5.41, 5.74) is 5.64. The number of rotatable bonds is 9. The van der Waals surface area contributed by atoms with E-state index >= 15 is 0 Å². The highest BCUT2D eigenvalue weighted by Crippen LogP contribution is 2.49. The first-order chi connectivity index (χ1) is 17.5. The zero-order chi connectivity index (χ0) is 25.7. The third-order valence-electron chi connectivity index (χ3n) is 6.92. The third kappa shape index (κ3) is 5.35. The molecule has 0 saturated carbocycles. The smallest absolute Gasteiger partial charge is 0.207 e. The van der Waals surface area contributed by atoms with E-state index in [4.69, 9.17) is 30.5 Å². The molecule has 7 heteroatoms. The highest BCUT2D eigenvalue weighted by Gasteiger charge is 2.23. The molecule has 0 unspecified atom stereocenters. The lowest BCUT2D eigenvalue weighted by Crippen LogP contribution is -2.47. The van der Waals surface area contributed by atoms with Crippen LogP contribution >= 0.6 is 11.6 Å². The molecule has 0 N–H and O–H groups in total. The molecule has 192 valence electrons. The Balaban J connectivity index is 1.40. The summed E-state index contributed by atoms with van der Waals surface area (Å²) in [5.74, 6) is 2.26. The number of nitrogens with zero attached hydrogens (tertiary/aromatic N) is 2. The number of piperazine rings is 1. The molecule has 6 nitrogen and oxygen atoms in total. The molecule has 0 aliphatic carbocycles. The summed E-state index contributed by atoms with van der Waals surface area (Å²) in [6.07, 6.45) is 1.00. The molecule has 0 bridgehead atoms. The van der Waals surface area contributed by atoms with Crippen LogP contribution in [0.1, 0.15) is 11.1 Å². The van der Waals surface area contributed by atoms with E-state index in [1.54, 1.807) is 28.4 Å². The minimum Gasteiger partial charge on any atom is -0.493 e. The molecule has 0 radical (unpaired) electrons. The molecule has 1 fully saturated rings. The average Bonchev–Trinajstić information content (AvgIpc) is 2.92. The lowest BCUT2D eigenvalue weighted by Gasteiger charge is -2.37. The minimum atomic E-state index is 0.517. The standard InChI is InChI=1S/C29H35ClN2O4/c1-20-24(30)7-6-8-25(20)32-17-15-31(16-18-32)14-13-21-9-11-22(12-10-21)23-19-26(33-2)28(35-4)29(36-5)27(23)34-3/h6-12,19H,13-18H2,1-5H3. The average molecular weight is 511 g/mol. The molecule has 0 spiro atoms. The van der Waals surface area contributed by atoms with Crippen LogP contribution in [-0.4, -0.2) is 66.1 Å². The number of hydrogen-bond acceptors (Lipinski definition) is 6. The molecular weight excluding hydrogens is 476 g/mol. The van der Waals surface area contributed by atoms with Crippen LogP contribution in [0.4, 0.5) is 5.69 Å². The lowest BCUT2D eigenvalue weighted by atomic mass is 10.0. The van der Waals surface area contributed by atoms with Gasteiger partial charge in [-0.1, -0.05) is 41.9 Å². The van der Waals surface area contributed by atoms with Crippen LogP contribution in [0.2, 0.25) is 5.02 Å². The lowest BCUT2D eigenvalue weighted by molar-refractivity contribution is 0.261. The van der Waals surface area contributed by atoms with Gasteiger partial charge in [-0.3, -0.25) is 4.90 Å². The van der Waals surface area contributed by atoms with E-state index in [-0.39, 0.29) is 0 Å². The van der Waals surface area contributed by atoms with Crippen molar-refractivity contribution in [3.8, 4) is 34.1 Å². The Bertz CT molecular complexity index is 1170. The first-order valence-corrected chi connectivity index (χ1v) is 12.6. The van der Waals surface area contributed by atoms with Crippen LogP contribution in [0.25, 0.3) is 11.1 Å². The predicted octanol–water partition coefficient (Wildman–Crippen LogP) is 5.71. The summed E-state index contributed by atoms with van der Waals surface area (Å²) in [6.45, 7) is 7.26. The van der Waals surface area contributed by atoms with Crippen molar-refractivity contribution in [3.05, 3.63) is 64.7 Å². The summed E-state index contributed by atoms with van der Waals surface area (Å²) in [4.78, 5) is 4.98. The molecule has 3 aromatic carbocycles. The van der Waals surface area contributed by atoms with E-state index in [1.807, 2.05) is 18.2 Å². The molecule has 1 aliphatic heterocycles. The second kappa shape index (κ2) is 11.8. The molecule has 1 heterocycles. The largest absolute Gasteiger partial charge is 0.493 e. The van der Waals surface area contributed by atoms with E-state index in [0.29, 0.717) is 23.0 Å². The van der Waals surface area contributed by atoms with Gasteiger partial charge in [-0.25, -0.2) is 0 Å². The molecule has 1 saturated heterocycles. The highest BCUT2D eigenvalue weighted by molar-refractivity contribution is 6.31. The van der Waals surface area contributed by atoms with Gasteiger partial charge >= 0.3 is 0 Å². The van der Waals surface area contributed by atoms with Crippen molar-refractivity contribution in [2.75, 3.05) is 66.1 Å². The quantitative estimate of drug-likeness (QED) is 0.367. The van der Waals surface area contributed by atoms with Gasteiger partial charge in [-0.2, -0.15) is 0 Å². The summed E-state index contributed by atoms with van der Waals surface area (Å²) in [5, 5.41) is 0.836. The van der Waals surface area contributed by atoms with Crippen molar-refractivity contribution in [2.24, 2.45) is 0 Å². The minimum absolute atomic E-state index is 0.517. The van der Waals surface area contributed by atoms with Crippen molar-refractivity contribution in [2.45, 2.75) is 13.3 Å². The zero-order valence-corrected chi connectivity index (χ0v) is 22.5. The Morgan fingerprint density at radius 1 is 0.778 bits per heavy atom. The fraction of sp³-hybridized carbons (Fsp3) is 0.379. The normalized spacial score (nSPS) is 14.0. The molecule has 3 aromatic rings. The van der Waals surface area contributed by atoms with Gasteiger partial charge in [0.1, 0.15) is 0 Å². The van der Waals surface area contributed by atoms with Crippen LogP contribution in [0.15, 0.2) is 48.5 Å². The van der Waals surface area contributed by atoms with Gasteiger partial charge in [-0.15, -0.1) is 0 Å². The van der Waals surface area contributed by atoms with E-state index < -0.39 is 0 Å². The number of hydrogen-bond donors (Lipinski definition) is 0. The number of benzene rings is 3. The van der Waals surface area contributed by atoms with Crippen LogP contribution < -0.4 is 23.8 Å². The third-order valence-corrected chi connectivity index (χ3v) is 7.33. The maximum Gasteiger partial charge on any atom is 0.207 e. The molecule has 0 amide bonds. The van der Waals surface area contributed by atoms with Gasteiger partial charge in [0.15, 0.2) is 11.5 Å². The Morgan fingerprint density at radius 3 is 2.06 bits per heavy atom. The van der Waals surface area contributed by atoms with Gasteiger partial charge in [0.2, 0.25) is 11.5 Å². The van der Waals surface area contributed by atoms with Gasteiger partial charge in [-0.05, 0) is 48.2 Å². The topological polar surface area (TPSA) is 43.4 Å².